The lowest BCUT2D eigenvalue weighted by Gasteiger charge is -2.45. The molecule has 2 atom stereocenters. The summed E-state index contributed by atoms with van der Waals surface area (Å²) in [5.41, 5.74) is 0.560. The molecule has 0 aromatic rings. The van der Waals surface area contributed by atoms with Gasteiger partial charge in [0.05, 0.1) is 6.10 Å². The average Bonchev–Trinajstić information content (AvgIpc) is 2.00. The van der Waals surface area contributed by atoms with Crippen molar-refractivity contribution in [3.63, 3.8) is 0 Å². The second-order valence-electron chi connectivity index (χ2n) is 5.95. The van der Waals surface area contributed by atoms with E-state index in [1.807, 2.05) is 0 Å². The highest BCUT2D eigenvalue weighted by Crippen LogP contribution is 2.40. The first-order chi connectivity index (χ1) is 6.55. The molecule has 0 radical (unpaired) electrons. The quantitative estimate of drug-likeness (QED) is 0.710. The molecule has 2 aliphatic carbocycles. The molecule has 0 heterocycles. The van der Waals surface area contributed by atoms with E-state index < -0.39 is 0 Å². The second kappa shape index (κ2) is 3.82. The highest BCUT2D eigenvalue weighted by Gasteiger charge is 2.37. The van der Waals surface area contributed by atoms with E-state index in [1.54, 1.807) is 0 Å². The molecule has 2 heteroatoms. The summed E-state index contributed by atoms with van der Waals surface area (Å²) in [6.07, 6.45) is 6.99. The third-order valence-electron chi connectivity index (χ3n) is 3.72. The lowest BCUT2D eigenvalue weighted by molar-refractivity contribution is 0.0766. The van der Waals surface area contributed by atoms with Crippen molar-refractivity contribution < 1.29 is 5.11 Å². The van der Waals surface area contributed by atoms with Crippen LogP contribution in [0.3, 0.4) is 0 Å². The summed E-state index contributed by atoms with van der Waals surface area (Å²) >= 11 is 0. The zero-order valence-corrected chi connectivity index (χ0v) is 9.42. The van der Waals surface area contributed by atoms with Crippen LogP contribution < -0.4 is 5.32 Å². The number of aliphatic hydroxyl groups is 1. The van der Waals surface area contributed by atoms with Gasteiger partial charge in [0, 0.05) is 12.1 Å². The lowest BCUT2D eigenvalue weighted by atomic mass is 9.68. The smallest absolute Gasteiger partial charge is 0.0555 e. The van der Waals surface area contributed by atoms with E-state index in [4.69, 9.17) is 0 Å². The Labute approximate surface area is 87.1 Å². The first-order valence-electron chi connectivity index (χ1n) is 5.99. The molecular formula is C12H23NO. The highest BCUT2D eigenvalue weighted by atomic mass is 16.3. The molecule has 2 fully saturated rings. The fraction of sp³-hybridized carbons (Fsp3) is 1.00. The molecule has 0 aromatic heterocycles. The van der Waals surface area contributed by atoms with E-state index in [0.29, 0.717) is 11.5 Å². The summed E-state index contributed by atoms with van der Waals surface area (Å²) in [7, 11) is 0. The van der Waals surface area contributed by atoms with Gasteiger partial charge in [0.25, 0.3) is 0 Å². The topological polar surface area (TPSA) is 32.3 Å². The fourth-order valence-corrected chi connectivity index (χ4v) is 3.04. The molecule has 0 saturated heterocycles. The molecule has 0 bridgehead atoms. The molecule has 2 nitrogen and oxygen atoms in total. The van der Waals surface area contributed by atoms with Gasteiger partial charge < -0.3 is 10.4 Å². The van der Waals surface area contributed by atoms with Crippen LogP contribution in [0.1, 0.15) is 52.4 Å². The molecule has 0 spiro atoms. The van der Waals surface area contributed by atoms with Gasteiger partial charge >= 0.3 is 0 Å². The molecular weight excluding hydrogens is 174 g/mol. The van der Waals surface area contributed by atoms with Crippen LogP contribution in [-0.4, -0.2) is 23.3 Å². The third-order valence-corrected chi connectivity index (χ3v) is 3.72. The molecule has 0 amide bonds. The Balaban J connectivity index is 1.71. The van der Waals surface area contributed by atoms with Crippen molar-refractivity contribution in [2.75, 3.05) is 0 Å². The summed E-state index contributed by atoms with van der Waals surface area (Å²) < 4.78 is 0. The van der Waals surface area contributed by atoms with Crippen molar-refractivity contribution in [3.05, 3.63) is 0 Å². The predicted molar refractivity (Wildman–Crippen MR) is 58.2 cm³/mol. The Morgan fingerprint density at radius 3 is 2.43 bits per heavy atom. The van der Waals surface area contributed by atoms with E-state index in [1.165, 1.54) is 25.7 Å². The Hall–Kier alpha value is -0.0800. The van der Waals surface area contributed by atoms with Crippen molar-refractivity contribution >= 4 is 0 Å². The molecule has 2 unspecified atom stereocenters. The fourth-order valence-electron chi connectivity index (χ4n) is 3.04. The zero-order valence-electron chi connectivity index (χ0n) is 9.42. The van der Waals surface area contributed by atoms with Gasteiger partial charge in [-0.1, -0.05) is 13.8 Å². The molecule has 2 saturated carbocycles. The van der Waals surface area contributed by atoms with Crippen LogP contribution in [0.4, 0.5) is 0 Å². The maximum Gasteiger partial charge on any atom is 0.0555 e. The highest BCUT2D eigenvalue weighted by molar-refractivity contribution is 4.94. The Morgan fingerprint density at radius 1 is 1.14 bits per heavy atom. The Morgan fingerprint density at radius 2 is 1.86 bits per heavy atom. The first-order valence-corrected chi connectivity index (χ1v) is 5.99. The van der Waals surface area contributed by atoms with E-state index in [2.05, 4.69) is 19.2 Å². The maximum absolute atomic E-state index is 9.55. The number of hydrogen-bond acceptors (Lipinski definition) is 2. The molecule has 2 rings (SSSR count). The molecule has 2 aliphatic rings. The third kappa shape index (κ3) is 2.48. The number of hydrogen-bond donors (Lipinski definition) is 2. The normalized spacial score (nSPS) is 37.9. The standard InChI is InChI=1S/C12H23NO/c1-12(2)7-10(8-12)13-9-4-3-5-11(14)6-9/h9-11,13-14H,3-8H2,1-2H3. The van der Waals surface area contributed by atoms with E-state index >= 15 is 0 Å². The number of aliphatic hydroxyl groups excluding tert-OH is 1. The summed E-state index contributed by atoms with van der Waals surface area (Å²) in [6.45, 7) is 4.67. The van der Waals surface area contributed by atoms with Gasteiger partial charge in [-0.15, -0.1) is 0 Å². The van der Waals surface area contributed by atoms with Crippen molar-refractivity contribution in [1.29, 1.82) is 0 Å². The van der Waals surface area contributed by atoms with Gasteiger partial charge in [-0.25, -0.2) is 0 Å². The lowest BCUT2D eigenvalue weighted by Crippen LogP contribution is -2.51. The van der Waals surface area contributed by atoms with Crippen LogP contribution in [0.15, 0.2) is 0 Å². The van der Waals surface area contributed by atoms with Crippen LogP contribution >= 0.6 is 0 Å². The molecule has 0 aromatic carbocycles. The van der Waals surface area contributed by atoms with Crippen molar-refractivity contribution in [3.8, 4) is 0 Å². The molecule has 82 valence electrons. The van der Waals surface area contributed by atoms with Crippen LogP contribution in [0.2, 0.25) is 0 Å². The Bertz CT molecular complexity index is 194. The van der Waals surface area contributed by atoms with Gasteiger partial charge in [-0.05, 0) is 43.9 Å². The van der Waals surface area contributed by atoms with Gasteiger partial charge in [-0.2, -0.15) is 0 Å². The zero-order chi connectivity index (χ0) is 10.2. The summed E-state index contributed by atoms with van der Waals surface area (Å²) in [5.74, 6) is 0. The monoisotopic (exact) mass is 197 g/mol. The first kappa shape index (κ1) is 10.4. The van der Waals surface area contributed by atoms with Gasteiger partial charge in [0.2, 0.25) is 0 Å². The van der Waals surface area contributed by atoms with Crippen LogP contribution in [0.5, 0.6) is 0 Å². The molecule has 0 aliphatic heterocycles. The van der Waals surface area contributed by atoms with Crippen molar-refractivity contribution in [1.82, 2.24) is 5.32 Å². The van der Waals surface area contributed by atoms with Gasteiger partial charge in [-0.3, -0.25) is 0 Å². The molecule has 14 heavy (non-hydrogen) atoms. The van der Waals surface area contributed by atoms with E-state index in [-0.39, 0.29) is 6.10 Å². The minimum atomic E-state index is -0.0469. The van der Waals surface area contributed by atoms with Crippen molar-refractivity contribution in [2.45, 2.75) is 70.6 Å². The maximum atomic E-state index is 9.55. The van der Waals surface area contributed by atoms with E-state index in [9.17, 15) is 5.11 Å². The predicted octanol–water partition coefficient (Wildman–Crippen LogP) is 2.07. The minimum absolute atomic E-state index is 0.0469. The van der Waals surface area contributed by atoms with Gasteiger partial charge in [0.15, 0.2) is 0 Å². The largest absolute Gasteiger partial charge is 0.393 e. The Kier molecular flexibility index (Phi) is 2.85. The average molecular weight is 197 g/mol. The van der Waals surface area contributed by atoms with Crippen LogP contribution in [0.25, 0.3) is 0 Å². The number of nitrogens with one attached hydrogen (secondary N) is 1. The SMILES string of the molecule is CC1(C)CC(NC2CCCC(O)C2)C1. The van der Waals surface area contributed by atoms with Crippen LogP contribution in [0, 0.1) is 5.41 Å². The summed E-state index contributed by atoms with van der Waals surface area (Å²) in [4.78, 5) is 0. The summed E-state index contributed by atoms with van der Waals surface area (Å²) in [6, 6.07) is 1.31. The summed E-state index contributed by atoms with van der Waals surface area (Å²) in [5, 5.41) is 13.2. The second-order valence-corrected chi connectivity index (χ2v) is 5.95. The van der Waals surface area contributed by atoms with Crippen LogP contribution in [-0.2, 0) is 0 Å². The number of rotatable bonds is 2. The van der Waals surface area contributed by atoms with Crippen molar-refractivity contribution in [2.24, 2.45) is 5.41 Å². The molecule has 2 N–H and O–H groups in total. The van der Waals surface area contributed by atoms with E-state index in [0.717, 1.165) is 18.9 Å². The minimum Gasteiger partial charge on any atom is -0.393 e. The van der Waals surface area contributed by atoms with Gasteiger partial charge in [0.1, 0.15) is 0 Å².